The Balaban J connectivity index is 1.98. The number of benzene rings is 2. The van der Waals surface area contributed by atoms with Gasteiger partial charge in [-0.05, 0) is 17.5 Å². The van der Waals surface area contributed by atoms with Gasteiger partial charge in [0.1, 0.15) is 6.54 Å². The van der Waals surface area contributed by atoms with Crippen molar-refractivity contribution in [3.05, 3.63) is 36.4 Å². The molecule has 7 heteroatoms. The Morgan fingerprint density at radius 1 is 1.26 bits per heavy atom. The normalized spacial score (nSPS) is 14.7. The second-order valence-corrected chi connectivity index (χ2v) is 7.20. The molecule has 0 fully saturated rings. The molecule has 0 saturated carbocycles. The Labute approximate surface area is 134 Å². The zero-order valence-electron chi connectivity index (χ0n) is 12.6. The van der Waals surface area contributed by atoms with Gasteiger partial charge in [-0.25, -0.2) is 8.42 Å². The van der Waals surface area contributed by atoms with Gasteiger partial charge >= 0.3 is 0 Å². The van der Waals surface area contributed by atoms with Gasteiger partial charge in [0.25, 0.3) is 10.0 Å². The number of rotatable bonds is 4. The van der Waals surface area contributed by atoms with Gasteiger partial charge in [-0.3, -0.25) is 9.10 Å². The van der Waals surface area contributed by atoms with E-state index in [1.165, 1.54) is 4.90 Å². The van der Waals surface area contributed by atoms with Crippen molar-refractivity contribution in [2.24, 2.45) is 0 Å². The number of sulfonamides is 1. The predicted octanol–water partition coefficient (Wildman–Crippen LogP) is 1.72. The monoisotopic (exact) mass is 329 g/mol. The highest BCUT2D eigenvalue weighted by atomic mass is 32.2. The van der Waals surface area contributed by atoms with Crippen LogP contribution in [0.1, 0.15) is 6.42 Å². The van der Waals surface area contributed by atoms with Gasteiger partial charge in [0, 0.05) is 19.0 Å². The molecule has 2 aromatic rings. The summed E-state index contributed by atoms with van der Waals surface area (Å²) in [5, 5.41) is 10.1. The summed E-state index contributed by atoms with van der Waals surface area (Å²) in [7, 11) is -2.16. The standard InChI is InChI=1S/C16H15N3O3S/c1-18(10-4-9-17)15(20)11-19-13-7-2-5-12-6-3-8-14(16(12)13)23(19,21)22/h2-3,5-8H,4,10-11H2,1H3. The van der Waals surface area contributed by atoms with Gasteiger partial charge in [0.15, 0.2) is 0 Å². The van der Waals surface area contributed by atoms with Gasteiger partial charge in [-0.2, -0.15) is 5.26 Å². The number of hydrogen-bond acceptors (Lipinski definition) is 4. The molecule has 0 bridgehead atoms. The third-order valence-electron chi connectivity index (χ3n) is 3.94. The quantitative estimate of drug-likeness (QED) is 0.855. The van der Waals surface area contributed by atoms with E-state index in [1.54, 1.807) is 31.3 Å². The Kier molecular flexibility index (Phi) is 3.70. The van der Waals surface area contributed by atoms with Gasteiger partial charge in [-0.15, -0.1) is 0 Å². The van der Waals surface area contributed by atoms with Crippen molar-refractivity contribution in [2.75, 3.05) is 24.4 Å². The van der Waals surface area contributed by atoms with E-state index in [-0.39, 0.29) is 30.3 Å². The van der Waals surface area contributed by atoms with Crippen LogP contribution in [0.4, 0.5) is 5.69 Å². The van der Waals surface area contributed by atoms with E-state index in [0.717, 1.165) is 9.69 Å². The molecule has 0 aliphatic carbocycles. The van der Waals surface area contributed by atoms with Crippen LogP contribution in [-0.4, -0.2) is 39.4 Å². The fourth-order valence-electron chi connectivity index (χ4n) is 2.71. The number of carbonyl (C=O) groups excluding carboxylic acids is 1. The van der Waals surface area contributed by atoms with Crippen LogP contribution in [0.5, 0.6) is 0 Å². The lowest BCUT2D eigenvalue weighted by molar-refractivity contribution is -0.128. The van der Waals surface area contributed by atoms with E-state index in [9.17, 15) is 13.2 Å². The van der Waals surface area contributed by atoms with E-state index < -0.39 is 10.0 Å². The molecule has 0 unspecified atom stereocenters. The average Bonchev–Trinajstić information content (AvgIpc) is 2.76. The number of likely N-dealkylation sites (N-methyl/N-ethyl adjacent to an activating group) is 1. The van der Waals surface area contributed by atoms with Crippen LogP contribution in [0.15, 0.2) is 41.3 Å². The maximum Gasteiger partial charge on any atom is 0.265 e. The molecule has 1 aliphatic rings. The smallest absolute Gasteiger partial charge is 0.265 e. The molecule has 0 atom stereocenters. The fraction of sp³-hybridized carbons (Fsp3) is 0.250. The lowest BCUT2D eigenvalue weighted by Crippen LogP contribution is -2.40. The van der Waals surface area contributed by atoms with E-state index >= 15 is 0 Å². The molecule has 1 amide bonds. The first-order valence-corrected chi connectivity index (χ1v) is 8.56. The molecule has 23 heavy (non-hydrogen) atoms. The van der Waals surface area contributed by atoms with Crippen LogP contribution in [0.3, 0.4) is 0 Å². The molecule has 0 saturated heterocycles. The van der Waals surface area contributed by atoms with Crippen molar-refractivity contribution in [1.82, 2.24) is 4.90 Å². The SMILES string of the molecule is CN(CCC#N)C(=O)CN1c2cccc3cccc(c23)S1(=O)=O. The number of nitriles is 1. The van der Waals surface area contributed by atoms with Crippen LogP contribution in [0, 0.1) is 11.3 Å². The van der Waals surface area contributed by atoms with Gasteiger partial charge in [0.05, 0.1) is 23.1 Å². The molecule has 1 aliphatic heterocycles. The molecule has 0 spiro atoms. The van der Waals surface area contributed by atoms with Crippen molar-refractivity contribution in [2.45, 2.75) is 11.3 Å². The number of nitrogens with zero attached hydrogens (tertiary/aromatic N) is 3. The summed E-state index contributed by atoms with van der Waals surface area (Å²) in [5.74, 6) is -0.339. The minimum atomic E-state index is -3.73. The summed E-state index contributed by atoms with van der Waals surface area (Å²) in [6.45, 7) is 0.0123. The summed E-state index contributed by atoms with van der Waals surface area (Å²) in [5.41, 5.74) is 0.528. The lowest BCUT2D eigenvalue weighted by Gasteiger charge is -2.22. The fourth-order valence-corrected chi connectivity index (χ4v) is 4.37. The predicted molar refractivity (Wildman–Crippen MR) is 86.3 cm³/mol. The number of amides is 1. The number of anilines is 1. The molecule has 1 heterocycles. The van der Waals surface area contributed by atoms with Crippen LogP contribution in [0.2, 0.25) is 0 Å². The zero-order valence-corrected chi connectivity index (χ0v) is 13.4. The highest BCUT2D eigenvalue weighted by Crippen LogP contribution is 2.41. The van der Waals surface area contributed by atoms with Crippen LogP contribution >= 0.6 is 0 Å². The number of hydrogen-bond donors (Lipinski definition) is 0. The largest absolute Gasteiger partial charge is 0.343 e. The van der Waals surface area contributed by atoms with Crippen LogP contribution in [-0.2, 0) is 14.8 Å². The minimum Gasteiger partial charge on any atom is -0.343 e. The van der Waals surface area contributed by atoms with Gasteiger partial charge < -0.3 is 4.90 Å². The Morgan fingerprint density at radius 2 is 1.96 bits per heavy atom. The third-order valence-corrected chi connectivity index (χ3v) is 5.75. The average molecular weight is 329 g/mol. The first-order valence-electron chi connectivity index (χ1n) is 7.12. The summed E-state index contributed by atoms with van der Waals surface area (Å²) in [4.78, 5) is 13.9. The summed E-state index contributed by atoms with van der Waals surface area (Å²) in [6.07, 6.45) is 0.213. The third kappa shape index (κ3) is 2.41. The molecule has 0 radical (unpaired) electrons. The molecule has 6 nitrogen and oxygen atoms in total. The van der Waals surface area contributed by atoms with Crippen molar-refractivity contribution in [3.63, 3.8) is 0 Å². The summed E-state index contributed by atoms with van der Waals surface area (Å²) >= 11 is 0. The van der Waals surface area contributed by atoms with Crippen molar-refractivity contribution in [3.8, 4) is 6.07 Å². The van der Waals surface area contributed by atoms with Crippen LogP contribution < -0.4 is 4.31 Å². The highest BCUT2D eigenvalue weighted by molar-refractivity contribution is 7.93. The van der Waals surface area contributed by atoms with Crippen molar-refractivity contribution < 1.29 is 13.2 Å². The van der Waals surface area contributed by atoms with Crippen LogP contribution in [0.25, 0.3) is 10.8 Å². The molecule has 0 aromatic heterocycles. The molecule has 3 rings (SSSR count). The molecule has 118 valence electrons. The molecule has 0 N–H and O–H groups in total. The van der Waals surface area contributed by atoms with E-state index in [0.29, 0.717) is 11.1 Å². The summed E-state index contributed by atoms with van der Waals surface area (Å²) < 4.78 is 26.6. The summed E-state index contributed by atoms with van der Waals surface area (Å²) in [6, 6.07) is 12.4. The first-order chi connectivity index (χ1) is 11.0. The van der Waals surface area contributed by atoms with Crippen molar-refractivity contribution >= 4 is 32.4 Å². The van der Waals surface area contributed by atoms with Gasteiger partial charge in [0.2, 0.25) is 5.91 Å². The van der Waals surface area contributed by atoms with Crippen molar-refractivity contribution in [1.29, 1.82) is 5.26 Å². The maximum atomic E-state index is 12.7. The second-order valence-electron chi connectivity index (χ2n) is 5.37. The number of carbonyl (C=O) groups is 1. The molecule has 2 aromatic carbocycles. The maximum absolute atomic E-state index is 12.7. The molecular weight excluding hydrogens is 314 g/mol. The van der Waals surface area contributed by atoms with E-state index in [4.69, 9.17) is 5.26 Å². The highest BCUT2D eigenvalue weighted by Gasteiger charge is 2.36. The van der Waals surface area contributed by atoms with E-state index in [2.05, 4.69) is 0 Å². The second kappa shape index (κ2) is 5.56. The Hall–Kier alpha value is -2.59. The topological polar surface area (TPSA) is 81.5 Å². The Bertz CT molecular complexity index is 926. The zero-order chi connectivity index (χ0) is 16.6. The molecular formula is C16H15N3O3S. The lowest BCUT2D eigenvalue weighted by atomic mass is 10.1. The van der Waals surface area contributed by atoms with E-state index in [1.807, 2.05) is 18.2 Å². The Morgan fingerprint density at radius 3 is 2.65 bits per heavy atom. The van der Waals surface area contributed by atoms with Gasteiger partial charge in [-0.1, -0.05) is 24.3 Å². The minimum absolute atomic E-state index is 0.213. The first kappa shape index (κ1) is 15.3.